The van der Waals surface area contributed by atoms with Gasteiger partial charge in [0.15, 0.2) is 11.5 Å². The second-order valence-corrected chi connectivity index (χ2v) is 10.6. The summed E-state index contributed by atoms with van der Waals surface area (Å²) in [5.41, 5.74) is 0.311. The number of anilines is 1. The van der Waals surface area contributed by atoms with Crippen LogP contribution in [0.3, 0.4) is 0 Å². The molecule has 5 rings (SSSR count). The van der Waals surface area contributed by atoms with Crippen LogP contribution in [0.25, 0.3) is 10.9 Å². The standard InChI is InChI=1S/C27H32F3N5O3/c1-15-23(20-8-17(6-7-31-20)27(28,29)30)24(15)34-25-18-9-22(21(37-5)10-19(18)32-16(2)33-25)38-14-26(13-36-4)11-35(3)12-26/h6-10,15,23-24H,11-14H2,1-5H3,(H,32,33,34)/t15-,23?,24?/m1/s1. The third kappa shape index (κ3) is 5.09. The summed E-state index contributed by atoms with van der Waals surface area (Å²) in [7, 11) is 5.33. The number of nitrogens with one attached hydrogen (secondary N) is 1. The molecule has 1 saturated carbocycles. The molecule has 3 heterocycles. The van der Waals surface area contributed by atoms with Gasteiger partial charge < -0.3 is 24.4 Å². The highest BCUT2D eigenvalue weighted by Gasteiger charge is 2.50. The van der Waals surface area contributed by atoms with E-state index in [4.69, 9.17) is 14.2 Å². The minimum Gasteiger partial charge on any atom is -0.493 e. The second-order valence-electron chi connectivity index (χ2n) is 10.6. The molecule has 3 aromatic rings. The number of rotatable bonds is 9. The van der Waals surface area contributed by atoms with E-state index in [1.54, 1.807) is 21.1 Å². The highest BCUT2D eigenvalue weighted by atomic mass is 19.4. The highest BCUT2D eigenvalue weighted by molar-refractivity contribution is 5.92. The Morgan fingerprint density at radius 1 is 1.11 bits per heavy atom. The van der Waals surface area contributed by atoms with Crippen molar-refractivity contribution in [3.8, 4) is 11.5 Å². The number of aryl methyl sites for hydroxylation is 1. The summed E-state index contributed by atoms with van der Waals surface area (Å²) in [6, 6.07) is 5.70. The maximum Gasteiger partial charge on any atom is 0.416 e. The Morgan fingerprint density at radius 3 is 2.53 bits per heavy atom. The Hall–Kier alpha value is -3.18. The lowest BCUT2D eigenvalue weighted by molar-refractivity contribution is -0.137. The molecular weight excluding hydrogens is 499 g/mol. The van der Waals surface area contributed by atoms with Crippen LogP contribution >= 0.6 is 0 Å². The van der Waals surface area contributed by atoms with Gasteiger partial charge in [-0.15, -0.1) is 0 Å². The maximum atomic E-state index is 13.2. The summed E-state index contributed by atoms with van der Waals surface area (Å²) in [5.74, 6) is 2.21. The number of hydrogen-bond donors (Lipinski definition) is 1. The topological polar surface area (TPSA) is 81.6 Å². The molecule has 11 heteroatoms. The van der Waals surface area contributed by atoms with Crippen molar-refractivity contribution in [1.29, 1.82) is 0 Å². The Balaban J connectivity index is 1.42. The van der Waals surface area contributed by atoms with Gasteiger partial charge in [0, 0.05) is 55.5 Å². The fraction of sp³-hybridized carbons (Fsp3) is 0.519. The van der Waals surface area contributed by atoms with Crippen molar-refractivity contribution in [2.45, 2.75) is 32.0 Å². The quantitative estimate of drug-likeness (QED) is 0.431. The van der Waals surface area contributed by atoms with E-state index in [1.807, 2.05) is 19.1 Å². The van der Waals surface area contributed by atoms with Crippen LogP contribution < -0.4 is 14.8 Å². The fourth-order valence-electron chi connectivity index (χ4n) is 5.60. The normalized spacial score (nSPS) is 22.7. The van der Waals surface area contributed by atoms with Crippen LogP contribution in [0.4, 0.5) is 19.0 Å². The van der Waals surface area contributed by atoms with Gasteiger partial charge in [0.25, 0.3) is 0 Å². The number of aromatic nitrogens is 3. The van der Waals surface area contributed by atoms with Gasteiger partial charge in [0.05, 0.1) is 36.8 Å². The zero-order valence-electron chi connectivity index (χ0n) is 22.1. The zero-order chi connectivity index (χ0) is 27.2. The molecule has 38 heavy (non-hydrogen) atoms. The number of methoxy groups -OCH3 is 2. The van der Waals surface area contributed by atoms with Crippen molar-refractivity contribution in [2.24, 2.45) is 11.3 Å². The smallest absolute Gasteiger partial charge is 0.416 e. The summed E-state index contributed by atoms with van der Waals surface area (Å²) in [5, 5.41) is 4.19. The predicted octanol–water partition coefficient (Wildman–Crippen LogP) is 4.53. The number of benzene rings is 1. The third-order valence-corrected chi connectivity index (χ3v) is 7.42. The summed E-state index contributed by atoms with van der Waals surface area (Å²) in [6.07, 6.45) is -3.19. The van der Waals surface area contributed by atoms with Gasteiger partial charge in [0.2, 0.25) is 0 Å². The Kier molecular flexibility index (Phi) is 6.85. The average Bonchev–Trinajstić information content (AvgIpc) is 3.49. The average molecular weight is 532 g/mol. The van der Waals surface area contributed by atoms with Gasteiger partial charge in [-0.25, -0.2) is 9.97 Å². The van der Waals surface area contributed by atoms with E-state index in [9.17, 15) is 13.2 Å². The van der Waals surface area contributed by atoms with Crippen LogP contribution in [-0.2, 0) is 10.9 Å². The van der Waals surface area contributed by atoms with Crippen molar-refractivity contribution in [3.63, 3.8) is 0 Å². The van der Waals surface area contributed by atoms with Crippen molar-refractivity contribution < 1.29 is 27.4 Å². The molecule has 1 N–H and O–H groups in total. The van der Waals surface area contributed by atoms with E-state index < -0.39 is 11.7 Å². The number of likely N-dealkylation sites (tertiary alicyclic amines) is 1. The van der Waals surface area contributed by atoms with Crippen molar-refractivity contribution in [1.82, 2.24) is 19.9 Å². The molecule has 1 aliphatic heterocycles. The van der Waals surface area contributed by atoms with E-state index in [-0.39, 0.29) is 23.3 Å². The van der Waals surface area contributed by atoms with E-state index in [2.05, 4.69) is 32.2 Å². The van der Waals surface area contributed by atoms with Crippen LogP contribution in [0.15, 0.2) is 30.5 Å². The van der Waals surface area contributed by atoms with E-state index in [0.717, 1.165) is 30.6 Å². The first-order valence-electron chi connectivity index (χ1n) is 12.5. The summed E-state index contributed by atoms with van der Waals surface area (Å²) in [6.45, 7) is 6.58. The van der Waals surface area contributed by atoms with E-state index in [0.29, 0.717) is 47.6 Å². The molecule has 1 aliphatic carbocycles. The van der Waals surface area contributed by atoms with Gasteiger partial charge in [-0.2, -0.15) is 13.2 Å². The van der Waals surface area contributed by atoms with Gasteiger partial charge >= 0.3 is 6.18 Å². The first-order chi connectivity index (χ1) is 18.0. The summed E-state index contributed by atoms with van der Waals surface area (Å²) < 4.78 is 57.1. The van der Waals surface area contributed by atoms with Crippen molar-refractivity contribution in [2.75, 3.05) is 52.9 Å². The molecule has 2 fully saturated rings. The molecule has 0 amide bonds. The highest BCUT2D eigenvalue weighted by Crippen LogP contribution is 2.49. The second kappa shape index (κ2) is 9.85. The fourth-order valence-corrected chi connectivity index (χ4v) is 5.60. The molecule has 204 valence electrons. The number of nitrogens with zero attached hydrogens (tertiary/aromatic N) is 4. The van der Waals surface area contributed by atoms with Crippen LogP contribution in [0, 0.1) is 18.3 Å². The monoisotopic (exact) mass is 531 g/mol. The van der Waals surface area contributed by atoms with Crippen LogP contribution in [-0.4, -0.2) is 73.5 Å². The van der Waals surface area contributed by atoms with Crippen molar-refractivity contribution >= 4 is 16.7 Å². The Labute approximate surface area is 219 Å². The number of pyridine rings is 1. The third-order valence-electron chi connectivity index (χ3n) is 7.42. The lowest BCUT2D eigenvalue weighted by atomic mass is 9.82. The summed E-state index contributed by atoms with van der Waals surface area (Å²) >= 11 is 0. The van der Waals surface area contributed by atoms with Gasteiger partial charge in [0.1, 0.15) is 11.6 Å². The van der Waals surface area contributed by atoms with Crippen LogP contribution in [0.2, 0.25) is 0 Å². The Bertz CT molecular complexity index is 1320. The molecule has 2 unspecified atom stereocenters. The lowest BCUT2D eigenvalue weighted by Gasteiger charge is -2.47. The van der Waals surface area contributed by atoms with E-state index >= 15 is 0 Å². The first kappa shape index (κ1) is 26.4. The molecule has 0 spiro atoms. The molecule has 1 saturated heterocycles. The number of halogens is 3. The minimum atomic E-state index is -4.41. The van der Waals surface area contributed by atoms with Crippen LogP contribution in [0.1, 0.15) is 29.9 Å². The Morgan fingerprint density at radius 2 is 1.87 bits per heavy atom. The predicted molar refractivity (Wildman–Crippen MR) is 137 cm³/mol. The largest absolute Gasteiger partial charge is 0.493 e. The molecule has 8 nitrogen and oxygen atoms in total. The number of hydrogen-bond acceptors (Lipinski definition) is 8. The molecule has 3 atom stereocenters. The van der Waals surface area contributed by atoms with Gasteiger partial charge in [-0.1, -0.05) is 6.92 Å². The summed E-state index contributed by atoms with van der Waals surface area (Å²) in [4.78, 5) is 15.6. The van der Waals surface area contributed by atoms with Gasteiger partial charge in [-0.05, 0) is 38.1 Å². The molecule has 1 aromatic carbocycles. The lowest BCUT2D eigenvalue weighted by Crippen LogP contribution is -2.59. The zero-order valence-corrected chi connectivity index (χ0v) is 22.1. The number of fused-ring (bicyclic) bond motifs is 1. The number of alkyl halides is 3. The number of ether oxygens (including phenoxy) is 3. The van der Waals surface area contributed by atoms with Crippen LogP contribution in [0.5, 0.6) is 11.5 Å². The molecule has 2 aliphatic rings. The maximum absolute atomic E-state index is 13.2. The first-order valence-corrected chi connectivity index (χ1v) is 12.5. The molecule has 0 radical (unpaired) electrons. The SMILES string of the molecule is COCC1(COc2cc3c(NC4C(c5cc(C(F)(F)F)ccn5)[C@H]4C)nc(C)nc3cc2OC)CN(C)C1. The van der Waals surface area contributed by atoms with E-state index in [1.165, 1.54) is 6.20 Å². The molecular formula is C27H32F3N5O3. The minimum absolute atomic E-state index is 0.0785. The molecule has 0 bridgehead atoms. The molecule has 2 aromatic heterocycles. The van der Waals surface area contributed by atoms with Crippen molar-refractivity contribution in [3.05, 3.63) is 47.5 Å². The van der Waals surface area contributed by atoms with Gasteiger partial charge in [-0.3, -0.25) is 4.98 Å².